The summed E-state index contributed by atoms with van der Waals surface area (Å²) in [5.74, 6) is 0. The van der Waals surface area contributed by atoms with Crippen molar-refractivity contribution in [2.75, 3.05) is 157 Å². The van der Waals surface area contributed by atoms with E-state index >= 15 is 0 Å². The Kier molecular flexibility index (Phi) is 14.5. The number of rotatable bonds is 13. The zero-order valence-electron chi connectivity index (χ0n) is 33.3. The van der Waals surface area contributed by atoms with Gasteiger partial charge in [0.25, 0.3) is 0 Å². The molecule has 0 unspecified atom stereocenters. The molecule has 0 N–H and O–H groups in total. The van der Waals surface area contributed by atoms with Crippen LogP contribution < -0.4 is 0 Å². The standard InChI is InChI=1S/C27H82OS13Si/c1-28-42(26,27)41(24,25)40(22,23)39(20,21)38(18,19)37(16,17)36(14,15)35(12,13)34(10,11)33(8,9)32(6,7)31(4,5)30(2,3)29/h29H,1-27H3. The van der Waals surface area contributed by atoms with Crippen molar-refractivity contribution in [1.29, 1.82) is 0 Å². The molecule has 0 heterocycles. The molecular formula is C27H82OS13Si. The van der Waals surface area contributed by atoms with Crippen molar-refractivity contribution in [3.05, 3.63) is 0 Å². The third kappa shape index (κ3) is 6.39. The lowest BCUT2D eigenvalue weighted by molar-refractivity contribution is 0.423. The highest BCUT2D eigenvalue weighted by atomic mass is 34.1. The van der Waals surface area contributed by atoms with Crippen LogP contribution in [0.3, 0.4) is 0 Å². The molecule has 42 heavy (non-hydrogen) atoms. The molecule has 0 amide bonds. The number of hydrogen-bond donors (Lipinski definition) is 1. The van der Waals surface area contributed by atoms with Crippen molar-refractivity contribution >= 4 is 117 Å². The van der Waals surface area contributed by atoms with E-state index in [2.05, 4.69) is 163 Å². The Hall–Kier alpha value is 4.73. The van der Waals surface area contributed by atoms with E-state index < -0.39 is 105 Å². The van der Waals surface area contributed by atoms with Gasteiger partial charge in [-0.25, -0.2) is 0 Å². The fourth-order valence-corrected chi connectivity index (χ4v) is 213. The van der Waals surface area contributed by atoms with E-state index in [1.807, 2.05) is 7.11 Å². The molecule has 0 aromatic heterocycles. The lowest BCUT2D eigenvalue weighted by Gasteiger charge is -2.83. The smallest absolute Gasteiger partial charge is 0.239 e. The first-order valence-electron chi connectivity index (χ1n) is 13.6. The third-order valence-corrected chi connectivity index (χ3v) is 190. The summed E-state index contributed by atoms with van der Waals surface area (Å²) in [4.78, 5) is 0. The van der Waals surface area contributed by atoms with Gasteiger partial charge in [-0.1, -0.05) is 0 Å². The van der Waals surface area contributed by atoms with Crippen LogP contribution in [0.1, 0.15) is 0 Å². The summed E-state index contributed by atoms with van der Waals surface area (Å²) in [5, 5.41) is 0. The Morgan fingerprint density at radius 3 is 0.667 bits per heavy atom. The van der Waals surface area contributed by atoms with Gasteiger partial charge in [-0.05, 0) is 163 Å². The highest BCUT2D eigenvalue weighted by Crippen LogP contribution is 3.21. The molecule has 0 saturated heterocycles. The second-order valence-electron chi connectivity index (χ2n) is 15.4. The monoisotopic (exact) mass is 866 g/mol. The van der Waals surface area contributed by atoms with Gasteiger partial charge in [0.05, 0.1) is 0 Å². The van der Waals surface area contributed by atoms with Crippen molar-refractivity contribution in [3.8, 4) is 0 Å². The SMILES string of the molecule is CO[Si](C)(C)S(C)(C)S(C)(C)S(C)(C)S(C)(C)S(C)(C)S(C)(C)S(C)(C)S(C)(C)S(C)(C)S(C)(C)S(C)(C)S(C)(C)S. The first-order valence-corrected chi connectivity index (χ1v) is 53.4. The Morgan fingerprint density at radius 1 is 0.333 bits per heavy atom. The van der Waals surface area contributed by atoms with Crippen LogP contribution >= 0.6 is 109 Å². The van der Waals surface area contributed by atoms with Crippen molar-refractivity contribution in [3.63, 3.8) is 0 Å². The van der Waals surface area contributed by atoms with E-state index in [0.29, 0.717) is 0 Å². The maximum atomic E-state index is 6.41. The Bertz CT molecular complexity index is 988. The van der Waals surface area contributed by atoms with Crippen molar-refractivity contribution in [2.45, 2.75) is 13.1 Å². The topological polar surface area (TPSA) is 9.23 Å². The van der Waals surface area contributed by atoms with Gasteiger partial charge in [-0.15, -0.1) is 11.7 Å². The van der Waals surface area contributed by atoms with Crippen LogP contribution in [-0.4, -0.2) is 165 Å². The normalized spacial score (nSPS) is 21.7. The van der Waals surface area contributed by atoms with Crippen LogP contribution in [0.25, 0.3) is 0 Å². The summed E-state index contributed by atoms with van der Waals surface area (Å²) < 4.78 is 6.41. The zero-order chi connectivity index (χ0) is 35.2. The Balaban J connectivity index is 7.43. The summed E-state index contributed by atoms with van der Waals surface area (Å²) in [6, 6.07) is 0. The van der Waals surface area contributed by atoms with Crippen molar-refractivity contribution in [2.24, 2.45) is 0 Å². The average Bonchev–Trinajstić information content (AvgIpc) is 2.76. The molecule has 0 aromatic rings. The molecule has 0 rings (SSSR count). The summed E-state index contributed by atoms with van der Waals surface area (Å²) in [5.41, 5.74) is 0. The molecular weight excluding hydrogens is 785 g/mol. The molecule has 0 aliphatic carbocycles. The molecule has 0 aliphatic rings. The lowest BCUT2D eigenvalue weighted by atomic mass is 11.8. The first-order chi connectivity index (χ1) is 17.6. The number of thiol groups is 1. The minimum Gasteiger partial charge on any atom is -0.411 e. The molecule has 0 atom stereocenters. The molecule has 0 radical (unpaired) electrons. The highest BCUT2D eigenvalue weighted by molar-refractivity contribution is 9.84. The average molecular weight is 868 g/mol. The second kappa shape index (κ2) is 13.0. The van der Waals surface area contributed by atoms with Gasteiger partial charge in [0.1, 0.15) is 0 Å². The zero-order valence-corrected chi connectivity index (χ0v) is 44.9. The second-order valence-corrected chi connectivity index (χ2v) is 118. The van der Waals surface area contributed by atoms with Crippen LogP contribution in [0.2, 0.25) is 13.1 Å². The van der Waals surface area contributed by atoms with Crippen LogP contribution in [0.15, 0.2) is 0 Å². The summed E-state index contributed by atoms with van der Waals surface area (Å²) in [6.07, 6.45) is 66.1. The molecule has 0 saturated carbocycles. The predicted molar refractivity (Wildman–Crippen MR) is 267 cm³/mol. The molecule has 0 spiro atoms. The van der Waals surface area contributed by atoms with Gasteiger partial charge >= 0.3 is 0 Å². The van der Waals surface area contributed by atoms with Crippen LogP contribution in [0.5, 0.6) is 0 Å². The van der Waals surface area contributed by atoms with E-state index in [9.17, 15) is 0 Å². The molecule has 0 fully saturated rings. The summed E-state index contributed by atoms with van der Waals surface area (Å²) in [6.45, 7) is 5.01. The lowest BCUT2D eigenvalue weighted by Crippen LogP contribution is -2.39. The molecule has 15 heteroatoms. The van der Waals surface area contributed by atoms with Gasteiger partial charge in [0.2, 0.25) is 7.47 Å². The third-order valence-electron chi connectivity index (χ3n) is 12.4. The fourth-order valence-electron chi connectivity index (χ4n) is 4.65. The Labute approximate surface area is 287 Å². The van der Waals surface area contributed by atoms with Gasteiger partial charge in [0.15, 0.2) is 0 Å². The van der Waals surface area contributed by atoms with Crippen molar-refractivity contribution < 1.29 is 4.43 Å². The van der Waals surface area contributed by atoms with E-state index in [1.54, 1.807) is 0 Å². The van der Waals surface area contributed by atoms with E-state index in [4.69, 9.17) is 16.1 Å². The highest BCUT2D eigenvalue weighted by Gasteiger charge is 2.60. The van der Waals surface area contributed by atoms with Crippen LogP contribution in [-0.2, 0) is 4.43 Å². The maximum Gasteiger partial charge on any atom is 0.239 e. The molecule has 278 valence electrons. The largest absolute Gasteiger partial charge is 0.411 e. The van der Waals surface area contributed by atoms with Crippen LogP contribution in [0, 0.1) is 0 Å². The number of hydrogen-bond acceptors (Lipinski definition) is 2. The molecule has 0 aromatic carbocycles. The van der Waals surface area contributed by atoms with Gasteiger partial charge < -0.3 is 4.43 Å². The molecule has 0 aliphatic heterocycles. The first kappa shape index (κ1) is 46.7. The van der Waals surface area contributed by atoms with E-state index in [0.717, 1.165) is 0 Å². The van der Waals surface area contributed by atoms with E-state index in [-0.39, 0.29) is 0 Å². The fraction of sp³-hybridized carbons (Fsp3) is 1.00. The van der Waals surface area contributed by atoms with E-state index in [1.165, 1.54) is 0 Å². The molecule has 1 nitrogen and oxygen atoms in total. The summed E-state index contributed by atoms with van der Waals surface area (Å²) in [7, 11) is -10.5. The minimum atomic E-state index is -1.80. The molecule has 0 bridgehead atoms. The van der Waals surface area contributed by atoms with Gasteiger partial charge in [-0.3, -0.25) is 0 Å². The minimum absolute atomic E-state index is 0.836. The van der Waals surface area contributed by atoms with Gasteiger partial charge in [0, 0.05) is 7.11 Å². The maximum absolute atomic E-state index is 6.41. The predicted octanol–water partition coefficient (Wildman–Crippen LogP) is 13.0. The summed E-state index contributed by atoms with van der Waals surface area (Å²) >= 11 is 5.36. The quantitative estimate of drug-likeness (QED) is 0.110. The van der Waals surface area contributed by atoms with Crippen molar-refractivity contribution in [1.82, 2.24) is 0 Å². The van der Waals surface area contributed by atoms with Gasteiger partial charge in [-0.2, -0.15) is 97.5 Å². The Morgan fingerprint density at radius 2 is 0.500 bits per heavy atom. The van der Waals surface area contributed by atoms with Crippen LogP contribution in [0.4, 0.5) is 0 Å².